The monoisotopic (exact) mass is 639 g/mol. The number of carbonyl (C=O) groups excluding carboxylic acids is 1. The SMILES string of the molecule is C=CC(=O)Cc1cc(F)cc(-c2nc(Nc3ccc(OC)c(N4CCCCC4)c3)ncc2Cc2ccc(N3CCOCC3)c(F)c2)c1. The maximum Gasteiger partial charge on any atom is 0.227 e. The lowest BCUT2D eigenvalue weighted by molar-refractivity contribution is -0.114. The van der Waals surface area contributed by atoms with Gasteiger partial charge >= 0.3 is 0 Å². The summed E-state index contributed by atoms with van der Waals surface area (Å²) < 4.78 is 41.4. The molecule has 6 rings (SSSR count). The standard InChI is InChI=1S/C37H39F2N5O3/c1-3-31(45)20-26-18-27(22-29(38)19-26)36-28(17-25-7-9-33(32(39)21-25)44-13-15-47-16-14-44)24-40-37(42-36)41-30-8-10-35(46-2)34(23-30)43-11-5-4-6-12-43/h3,7-10,18-19,21-24H,1,4-6,11-17,20H2,2H3,(H,40,41,42). The van der Waals surface area contributed by atoms with Crippen LogP contribution >= 0.6 is 0 Å². The predicted molar refractivity (Wildman–Crippen MR) is 181 cm³/mol. The van der Waals surface area contributed by atoms with Crippen molar-refractivity contribution in [2.24, 2.45) is 0 Å². The Morgan fingerprint density at radius 2 is 1.74 bits per heavy atom. The van der Waals surface area contributed by atoms with Gasteiger partial charge in [0.1, 0.15) is 17.4 Å². The van der Waals surface area contributed by atoms with Crippen LogP contribution < -0.4 is 19.9 Å². The van der Waals surface area contributed by atoms with Gasteiger partial charge in [-0.3, -0.25) is 4.79 Å². The van der Waals surface area contributed by atoms with E-state index in [0.29, 0.717) is 66.7 Å². The van der Waals surface area contributed by atoms with Crippen LogP contribution in [0.15, 0.2) is 73.4 Å². The first-order valence-electron chi connectivity index (χ1n) is 16.0. The van der Waals surface area contributed by atoms with E-state index in [1.54, 1.807) is 25.4 Å². The van der Waals surface area contributed by atoms with Crippen LogP contribution in [-0.2, 0) is 22.4 Å². The molecule has 0 saturated carbocycles. The molecule has 0 atom stereocenters. The van der Waals surface area contributed by atoms with E-state index in [4.69, 9.17) is 14.5 Å². The summed E-state index contributed by atoms with van der Waals surface area (Å²) in [7, 11) is 1.67. The summed E-state index contributed by atoms with van der Waals surface area (Å²) in [5, 5.41) is 3.32. The lowest BCUT2D eigenvalue weighted by Crippen LogP contribution is -2.36. The average molecular weight is 640 g/mol. The van der Waals surface area contributed by atoms with Gasteiger partial charge < -0.3 is 24.6 Å². The topological polar surface area (TPSA) is 79.8 Å². The molecule has 0 aliphatic carbocycles. The molecule has 8 nitrogen and oxygen atoms in total. The molecule has 0 bridgehead atoms. The number of rotatable bonds is 11. The Kier molecular flexibility index (Phi) is 10.1. The molecule has 0 radical (unpaired) electrons. The van der Waals surface area contributed by atoms with Gasteiger partial charge in [0.15, 0.2) is 5.78 Å². The first kappa shape index (κ1) is 32.1. The smallest absolute Gasteiger partial charge is 0.227 e. The number of halogens is 2. The number of allylic oxidation sites excluding steroid dienone is 1. The lowest BCUT2D eigenvalue weighted by Gasteiger charge is -2.30. The summed E-state index contributed by atoms with van der Waals surface area (Å²) in [6, 6.07) is 15.5. The number of ether oxygens (including phenoxy) is 2. The van der Waals surface area contributed by atoms with Crippen molar-refractivity contribution in [3.8, 4) is 17.0 Å². The number of piperidine rings is 1. The molecule has 0 unspecified atom stereocenters. The Morgan fingerprint density at radius 3 is 2.49 bits per heavy atom. The molecular formula is C37H39F2N5O3. The molecule has 3 heterocycles. The Morgan fingerprint density at radius 1 is 0.957 bits per heavy atom. The predicted octanol–water partition coefficient (Wildman–Crippen LogP) is 6.89. The fourth-order valence-corrected chi connectivity index (χ4v) is 6.23. The summed E-state index contributed by atoms with van der Waals surface area (Å²) >= 11 is 0. The zero-order valence-corrected chi connectivity index (χ0v) is 26.6. The number of hydrogen-bond acceptors (Lipinski definition) is 8. The molecule has 0 spiro atoms. The molecule has 10 heteroatoms. The van der Waals surface area contributed by atoms with Gasteiger partial charge in [0.2, 0.25) is 5.95 Å². The fourth-order valence-electron chi connectivity index (χ4n) is 6.23. The number of hydrogen-bond donors (Lipinski definition) is 1. The Labute approximate surface area is 274 Å². The van der Waals surface area contributed by atoms with Crippen molar-refractivity contribution in [1.82, 2.24) is 9.97 Å². The highest BCUT2D eigenvalue weighted by molar-refractivity contribution is 5.91. The molecule has 2 aliphatic rings. The minimum Gasteiger partial charge on any atom is -0.495 e. The van der Waals surface area contributed by atoms with Gasteiger partial charge in [-0.15, -0.1) is 0 Å². The number of benzene rings is 3. The van der Waals surface area contributed by atoms with E-state index in [1.165, 1.54) is 30.7 Å². The third kappa shape index (κ3) is 7.77. The highest BCUT2D eigenvalue weighted by Crippen LogP contribution is 2.35. The first-order valence-corrected chi connectivity index (χ1v) is 16.0. The van der Waals surface area contributed by atoms with Crippen molar-refractivity contribution in [1.29, 1.82) is 0 Å². The number of anilines is 4. The molecule has 2 saturated heterocycles. The van der Waals surface area contributed by atoms with Crippen molar-refractivity contribution >= 4 is 28.8 Å². The zero-order valence-electron chi connectivity index (χ0n) is 26.6. The van der Waals surface area contributed by atoms with Crippen LogP contribution in [-0.4, -0.2) is 62.3 Å². The second-order valence-corrected chi connectivity index (χ2v) is 11.9. The second-order valence-electron chi connectivity index (χ2n) is 11.9. The Bertz CT molecular complexity index is 1750. The molecule has 3 aromatic carbocycles. The van der Waals surface area contributed by atoms with Gasteiger partial charge in [-0.25, -0.2) is 18.7 Å². The van der Waals surface area contributed by atoms with Crippen LogP contribution in [0.4, 0.5) is 31.8 Å². The number of nitrogens with zero attached hydrogens (tertiary/aromatic N) is 4. The highest BCUT2D eigenvalue weighted by atomic mass is 19.1. The van der Waals surface area contributed by atoms with Crippen LogP contribution in [0.2, 0.25) is 0 Å². The largest absolute Gasteiger partial charge is 0.495 e. The molecule has 1 aromatic heterocycles. The Balaban J connectivity index is 1.35. The van der Waals surface area contributed by atoms with E-state index in [-0.39, 0.29) is 18.0 Å². The summed E-state index contributed by atoms with van der Waals surface area (Å²) in [6.45, 7) is 7.84. The van der Waals surface area contributed by atoms with Crippen molar-refractivity contribution < 1.29 is 23.0 Å². The summed E-state index contributed by atoms with van der Waals surface area (Å²) in [5.41, 5.74) is 5.21. The molecule has 244 valence electrons. The van der Waals surface area contributed by atoms with Gasteiger partial charge in [-0.1, -0.05) is 12.6 Å². The van der Waals surface area contributed by atoms with Crippen molar-refractivity contribution in [3.63, 3.8) is 0 Å². The molecule has 47 heavy (non-hydrogen) atoms. The van der Waals surface area contributed by atoms with Crippen molar-refractivity contribution in [2.75, 3.05) is 61.6 Å². The molecule has 2 fully saturated rings. The quantitative estimate of drug-likeness (QED) is 0.178. The summed E-state index contributed by atoms with van der Waals surface area (Å²) in [6.07, 6.45) is 6.71. The van der Waals surface area contributed by atoms with Gasteiger partial charge in [0, 0.05) is 62.0 Å². The minimum atomic E-state index is -0.490. The maximum atomic E-state index is 15.3. The van der Waals surface area contributed by atoms with E-state index in [2.05, 4.69) is 21.8 Å². The number of ketones is 1. The molecule has 1 N–H and O–H groups in total. The molecule has 0 amide bonds. The van der Waals surface area contributed by atoms with E-state index in [9.17, 15) is 9.18 Å². The third-order valence-corrected chi connectivity index (χ3v) is 8.59. The van der Waals surface area contributed by atoms with Crippen LogP contribution in [0.5, 0.6) is 5.75 Å². The maximum absolute atomic E-state index is 15.3. The molecule has 2 aliphatic heterocycles. The number of aromatic nitrogens is 2. The second kappa shape index (κ2) is 14.7. The number of nitrogens with one attached hydrogen (secondary N) is 1. The summed E-state index contributed by atoms with van der Waals surface area (Å²) in [5.74, 6) is 0.0930. The number of carbonyl (C=O) groups is 1. The van der Waals surface area contributed by atoms with Gasteiger partial charge in [0.25, 0.3) is 0 Å². The molecular weight excluding hydrogens is 600 g/mol. The normalized spacial score (nSPS) is 15.0. The fraction of sp³-hybridized carbons (Fsp3) is 0.324. The minimum absolute atomic E-state index is 0.0130. The van der Waals surface area contributed by atoms with Crippen LogP contribution in [0.25, 0.3) is 11.3 Å². The zero-order chi connectivity index (χ0) is 32.8. The molecule has 4 aromatic rings. The van der Waals surface area contributed by atoms with Crippen LogP contribution in [0, 0.1) is 11.6 Å². The van der Waals surface area contributed by atoms with Crippen molar-refractivity contribution in [2.45, 2.75) is 32.1 Å². The van der Waals surface area contributed by atoms with Gasteiger partial charge in [-0.05, 0) is 85.0 Å². The first-order chi connectivity index (χ1) is 22.9. The number of morpholine rings is 1. The van der Waals surface area contributed by atoms with Crippen LogP contribution in [0.1, 0.15) is 36.0 Å². The highest BCUT2D eigenvalue weighted by Gasteiger charge is 2.19. The van der Waals surface area contributed by atoms with E-state index in [0.717, 1.165) is 48.6 Å². The van der Waals surface area contributed by atoms with E-state index >= 15 is 4.39 Å². The van der Waals surface area contributed by atoms with Crippen LogP contribution in [0.3, 0.4) is 0 Å². The van der Waals surface area contributed by atoms with Gasteiger partial charge in [0.05, 0.1) is 37.4 Å². The lowest BCUT2D eigenvalue weighted by atomic mass is 9.97. The number of methoxy groups -OCH3 is 1. The third-order valence-electron chi connectivity index (χ3n) is 8.59. The van der Waals surface area contributed by atoms with Gasteiger partial charge in [-0.2, -0.15) is 0 Å². The van der Waals surface area contributed by atoms with E-state index in [1.807, 2.05) is 29.2 Å². The average Bonchev–Trinajstić information content (AvgIpc) is 3.09. The summed E-state index contributed by atoms with van der Waals surface area (Å²) in [4.78, 5) is 25.9. The Hall–Kier alpha value is -4.83. The van der Waals surface area contributed by atoms with E-state index < -0.39 is 5.82 Å². The van der Waals surface area contributed by atoms with Crippen molar-refractivity contribution in [3.05, 3.63) is 102 Å².